The van der Waals surface area contributed by atoms with Crippen molar-refractivity contribution < 1.29 is 9.90 Å². The summed E-state index contributed by atoms with van der Waals surface area (Å²) in [5, 5.41) is 9.44. The molecule has 1 N–H and O–H groups in total. The molecule has 0 unspecified atom stereocenters. The Labute approximate surface area is 116 Å². The third-order valence-electron chi connectivity index (χ3n) is 4.24. The predicted molar refractivity (Wildman–Crippen MR) is 79.3 cm³/mol. The van der Waals surface area contributed by atoms with Crippen molar-refractivity contribution in [2.75, 3.05) is 0 Å². The first-order chi connectivity index (χ1) is 8.52. The molecule has 106 valence electrons. The molecule has 0 amide bonds. The third-order valence-corrected chi connectivity index (χ3v) is 4.24. The molecule has 1 aromatic carbocycles. The van der Waals surface area contributed by atoms with Gasteiger partial charge in [-0.25, -0.2) is 0 Å². The predicted octanol–water partition coefficient (Wildman–Crippen LogP) is 4.49. The summed E-state index contributed by atoms with van der Waals surface area (Å²) in [5.74, 6) is -0.742. The molecule has 0 bridgehead atoms. The highest BCUT2D eigenvalue weighted by Crippen LogP contribution is 2.55. The zero-order valence-corrected chi connectivity index (χ0v) is 12.9. The van der Waals surface area contributed by atoms with E-state index in [0.717, 1.165) is 5.56 Å². The monoisotopic (exact) mass is 262 g/mol. The standard InChI is InChI=1S/C17H26O2/c1-15(2,3)17(12-14(18)19,16(4,5)6)13-10-8-7-9-11-13/h7-11H,12H2,1-6H3,(H,18,19). The second-order valence-corrected chi connectivity index (χ2v) is 7.34. The Morgan fingerprint density at radius 3 is 1.68 bits per heavy atom. The van der Waals surface area contributed by atoms with Gasteiger partial charge in [-0.3, -0.25) is 4.79 Å². The minimum atomic E-state index is -0.742. The highest BCUT2D eigenvalue weighted by Gasteiger charge is 2.52. The molecule has 1 aromatic rings. The van der Waals surface area contributed by atoms with Crippen LogP contribution in [0.15, 0.2) is 30.3 Å². The molecule has 0 saturated heterocycles. The molecular formula is C17H26O2. The van der Waals surface area contributed by atoms with Crippen LogP contribution < -0.4 is 0 Å². The van der Waals surface area contributed by atoms with Crippen LogP contribution in [-0.2, 0) is 10.2 Å². The van der Waals surface area contributed by atoms with E-state index in [4.69, 9.17) is 0 Å². The molecule has 0 aliphatic rings. The number of hydrogen-bond donors (Lipinski definition) is 1. The van der Waals surface area contributed by atoms with Gasteiger partial charge in [-0.05, 0) is 16.4 Å². The third kappa shape index (κ3) is 2.83. The zero-order valence-electron chi connectivity index (χ0n) is 12.9. The molecular weight excluding hydrogens is 236 g/mol. The van der Waals surface area contributed by atoms with Crippen LogP contribution >= 0.6 is 0 Å². The molecule has 1 rings (SSSR count). The number of carboxylic acid groups (broad SMARTS) is 1. The topological polar surface area (TPSA) is 37.3 Å². The van der Waals surface area contributed by atoms with Crippen LogP contribution in [0, 0.1) is 10.8 Å². The van der Waals surface area contributed by atoms with E-state index in [1.54, 1.807) is 0 Å². The van der Waals surface area contributed by atoms with Gasteiger partial charge < -0.3 is 5.11 Å². The van der Waals surface area contributed by atoms with Gasteiger partial charge in [0, 0.05) is 5.41 Å². The van der Waals surface area contributed by atoms with Crippen LogP contribution in [0.4, 0.5) is 0 Å². The maximum Gasteiger partial charge on any atom is 0.304 e. The number of rotatable bonds is 3. The van der Waals surface area contributed by atoms with Crippen molar-refractivity contribution >= 4 is 5.97 Å². The number of aliphatic carboxylic acids is 1. The molecule has 0 aromatic heterocycles. The summed E-state index contributed by atoms with van der Waals surface area (Å²) in [6.45, 7) is 12.8. The molecule has 0 saturated carbocycles. The molecule has 0 spiro atoms. The Bertz CT molecular complexity index is 419. The van der Waals surface area contributed by atoms with E-state index in [0.29, 0.717) is 0 Å². The van der Waals surface area contributed by atoms with E-state index in [1.165, 1.54) is 0 Å². The summed E-state index contributed by atoms with van der Waals surface area (Å²) >= 11 is 0. The van der Waals surface area contributed by atoms with E-state index in [-0.39, 0.29) is 17.3 Å². The van der Waals surface area contributed by atoms with Crippen LogP contribution in [0.3, 0.4) is 0 Å². The van der Waals surface area contributed by atoms with Crippen LogP contribution in [-0.4, -0.2) is 11.1 Å². The van der Waals surface area contributed by atoms with Crippen molar-refractivity contribution in [1.82, 2.24) is 0 Å². The van der Waals surface area contributed by atoms with Crippen LogP contribution in [0.5, 0.6) is 0 Å². The Kier molecular flexibility index (Phi) is 4.14. The fraction of sp³-hybridized carbons (Fsp3) is 0.588. The quantitative estimate of drug-likeness (QED) is 0.871. The second-order valence-electron chi connectivity index (χ2n) is 7.34. The average Bonchev–Trinajstić information content (AvgIpc) is 2.23. The van der Waals surface area contributed by atoms with E-state index < -0.39 is 11.4 Å². The van der Waals surface area contributed by atoms with Crippen molar-refractivity contribution in [3.05, 3.63) is 35.9 Å². The van der Waals surface area contributed by atoms with Crippen molar-refractivity contribution in [3.63, 3.8) is 0 Å². The molecule has 0 radical (unpaired) electrons. The van der Waals surface area contributed by atoms with Gasteiger partial charge in [0.2, 0.25) is 0 Å². The minimum Gasteiger partial charge on any atom is -0.481 e. The highest BCUT2D eigenvalue weighted by molar-refractivity contribution is 5.69. The smallest absolute Gasteiger partial charge is 0.304 e. The van der Waals surface area contributed by atoms with Gasteiger partial charge in [0.05, 0.1) is 6.42 Å². The molecule has 0 aliphatic heterocycles. The van der Waals surface area contributed by atoms with Crippen molar-refractivity contribution in [2.45, 2.75) is 53.4 Å². The molecule has 0 atom stereocenters. The first-order valence-electron chi connectivity index (χ1n) is 6.80. The van der Waals surface area contributed by atoms with Crippen LogP contribution in [0.25, 0.3) is 0 Å². The van der Waals surface area contributed by atoms with Gasteiger partial charge in [0.25, 0.3) is 0 Å². The summed E-state index contributed by atoms with van der Waals surface area (Å²) in [5.41, 5.74) is 0.403. The summed E-state index contributed by atoms with van der Waals surface area (Å²) < 4.78 is 0. The lowest BCUT2D eigenvalue weighted by Gasteiger charge is -2.53. The Hall–Kier alpha value is -1.31. The maximum atomic E-state index is 11.5. The lowest BCUT2D eigenvalue weighted by Crippen LogP contribution is -2.51. The van der Waals surface area contributed by atoms with Gasteiger partial charge in [0.15, 0.2) is 0 Å². The lowest BCUT2D eigenvalue weighted by molar-refractivity contribution is -0.142. The maximum absolute atomic E-state index is 11.5. The minimum absolute atomic E-state index is 0.143. The van der Waals surface area contributed by atoms with Crippen molar-refractivity contribution in [1.29, 1.82) is 0 Å². The summed E-state index contributed by atoms with van der Waals surface area (Å²) in [6, 6.07) is 10.1. The first kappa shape index (κ1) is 15.7. The molecule has 0 heterocycles. The van der Waals surface area contributed by atoms with Gasteiger partial charge in [-0.1, -0.05) is 71.9 Å². The van der Waals surface area contributed by atoms with Crippen molar-refractivity contribution in [3.8, 4) is 0 Å². The van der Waals surface area contributed by atoms with Gasteiger partial charge in [-0.2, -0.15) is 0 Å². The van der Waals surface area contributed by atoms with Gasteiger partial charge in [-0.15, -0.1) is 0 Å². The Morgan fingerprint density at radius 2 is 1.37 bits per heavy atom. The summed E-state index contributed by atoms with van der Waals surface area (Å²) in [6.07, 6.45) is 0.143. The van der Waals surface area contributed by atoms with E-state index in [1.807, 2.05) is 18.2 Å². The van der Waals surface area contributed by atoms with E-state index >= 15 is 0 Å². The van der Waals surface area contributed by atoms with Crippen LogP contribution in [0.1, 0.15) is 53.5 Å². The zero-order chi connectivity index (χ0) is 14.9. The largest absolute Gasteiger partial charge is 0.481 e. The molecule has 2 nitrogen and oxygen atoms in total. The molecule has 0 fully saturated rings. The number of benzene rings is 1. The number of carboxylic acids is 1. The molecule has 0 aliphatic carbocycles. The Morgan fingerprint density at radius 1 is 0.947 bits per heavy atom. The summed E-state index contributed by atoms with van der Waals surface area (Å²) in [7, 11) is 0. The SMILES string of the molecule is CC(C)(C)C(CC(=O)O)(c1ccccc1)C(C)(C)C. The van der Waals surface area contributed by atoms with Gasteiger partial charge in [0.1, 0.15) is 0 Å². The first-order valence-corrected chi connectivity index (χ1v) is 6.80. The lowest BCUT2D eigenvalue weighted by atomic mass is 9.50. The second kappa shape index (κ2) is 4.99. The number of carbonyl (C=O) groups is 1. The molecule has 2 heteroatoms. The van der Waals surface area contributed by atoms with E-state index in [9.17, 15) is 9.90 Å². The summed E-state index contributed by atoms with van der Waals surface area (Å²) in [4.78, 5) is 11.5. The molecule has 19 heavy (non-hydrogen) atoms. The average molecular weight is 262 g/mol. The fourth-order valence-corrected chi connectivity index (χ4v) is 3.57. The fourth-order valence-electron chi connectivity index (χ4n) is 3.57. The van der Waals surface area contributed by atoms with Crippen LogP contribution in [0.2, 0.25) is 0 Å². The van der Waals surface area contributed by atoms with Crippen molar-refractivity contribution in [2.24, 2.45) is 10.8 Å². The Balaban J connectivity index is 3.59. The normalized spacial score (nSPS) is 13.4. The van der Waals surface area contributed by atoms with Gasteiger partial charge >= 0.3 is 5.97 Å². The highest BCUT2D eigenvalue weighted by atomic mass is 16.4. The van der Waals surface area contributed by atoms with E-state index in [2.05, 4.69) is 53.7 Å². The number of hydrogen-bond acceptors (Lipinski definition) is 1.